The van der Waals surface area contributed by atoms with Crippen molar-refractivity contribution in [3.63, 3.8) is 0 Å². The monoisotopic (exact) mass is 332 g/mol. The van der Waals surface area contributed by atoms with Crippen molar-refractivity contribution in [2.75, 3.05) is 24.2 Å². The van der Waals surface area contributed by atoms with Crippen molar-refractivity contribution in [2.45, 2.75) is 25.2 Å². The molecule has 1 saturated heterocycles. The van der Waals surface area contributed by atoms with Crippen molar-refractivity contribution < 1.29 is 22.5 Å². The lowest BCUT2D eigenvalue weighted by Gasteiger charge is -2.37. The van der Waals surface area contributed by atoms with Gasteiger partial charge < -0.3 is 15.0 Å². The maximum absolute atomic E-state index is 12.2. The molecule has 2 amide bonds. The number of nitrogens with one attached hydrogen (secondary N) is 1. The molecule has 1 fully saturated rings. The molecule has 0 unspecified atom stereocenters. The molecule has 5 nitrogen and oxygen atoms in total. The van der Waals surface area contributed by atoms with Crippen LogP contribution in [0.3, 0.4) is 0 Å². The molecular weight excluding hydrogens is 314 g/mol. The first-order valence-corrected chi connectivity index (χ1v) is 8.09. The number of halogens is 2. The van der Waals surface area contributed by atoms with E-state index in [0.717, 1.165) is 0 Å². The molecule has 1 aliphatic heterocycles. The van der Waals surface area contributed by atoms with Gasteiger partial charge in [-0.2, -0.15) is 8.78 Å². The van der Waals surface area contributed by atoms with Crippen LogP contribution >= 0.6 is 0 Å². The summed E-state index contributed by atoms with van der Waals surface area (Å²) in [4.78, 5) is 13.8. The summed E-state index contributed by atoms with van der Waals surface area (Å²) in [7, 11) is -0.952. The van der Waals surface area contributed by atoms with Crippen molar-refractivity contribution in [3.8, 4) is 5.75 Å². The van der Waals surface area contributed by atoms with Crippen LogP contribution in [0, 0.1) is 0 Å². The van der Waals surface area contributed by atoms with Crippen molar-refractivity contribution in [2.24, 2.45) is 0 Å². The lowest BCUT2D eigenvalue weighted by atomic mass is 10.2. The fourth-order valence-electron chi connectivity index (χ4n) is 2.18. The molecular formula is C14H18F2N2O3S. The number of nitrogens with zero attached hydrogens (tertiary/aromatic N) is 1. The Kier molecular flexibility index (Phi) is 5.00. The SMILES string of the molecule is CC1(C)CN(C(=O)Nc2ccc(OC(F)F)cc2)CC[S@]1=O. The highest BCUT2D eigenvalue weighted by Gasteiger charge is 2.35. The molecule has 8 heteroatoms. The van der Waals surface area contributed by atoms with Crippen LogP contribution in [-0.2, 0) is 10.8 Å². The molecule has 122 valence electrons. The predicted molar refractivity (Wildman–Crippen MR) is 80.8 cm³/mol. The number of alkyl halides is 2. The zero-order valence-electron chi connectivity index (χ0n) is 12.3. The number of amides is 2. The van der Waals surface area contributed by atoms with Gasteiger partial charge in [0.15, 0.2) is 0 Å². The van der Waals surface area contributed by atoms with E-state index in [9.17, 15) is 17.8 Å². The first kappa shape index (κ1) is 16.7. The average Bonchev–Trinajstić information content (AvgIpc) is 2.43. The van der Waals surface area contributed by atoms with Gasteiger partial charge in [-0.1, -0.05) is 0 Å². The summed E-state index contributed by atoms with van der Waals surface area (Å²) < 4.78 is 39.8. The maximum Gasteiger partial charge on any atom is 0.387 e. The largest absolute Gasteiger partial charge is 0.435 e. The summed E-state index contributed by atoms with van der Waals surface area (Å²) in [6.07, 6.45) is 0. The minimum atomic E-state index is -2.88. The summed E-state index contributed by atoms with van der Waals surface area (Å²) in [5.74, 6) is 0.476. The Balaban J connectivity index is 1.96. The second-order valence-electron chi connectivity index (χ2n) is 5.56. The molecule has 1 aromatic rings. The van der Waals surface area contributed by atoms with Crippen LogP contribution in [0.1, 0.15) is 13.8 Å². The molecule has 22 heavy (non-hydrogen) atoms. The van der Waals surface area contributed by atoms with Crippen LogP contribution in [0.25, 0.3) is 0 Å². The number of anilines is 1. The fourth-order valence-corrected chi connectivity index (χ4v) is 3.41. The van der Waals surface area contributed by atoms with Gasteiger partial charge in [0.2, 0.25) is 0 Å². The van der Waals surface area contributed by atoms with Crippen molar-refractivity contribution in [3.05, 3.63) is 24.3 Å². The van der Waals surface area contributed by atoms with E-state index in [4.69, 9.17) is 0 Å². The van der Waals surface area contributed by atoms with E-state index in [0.29, 0.717) is 24.5 Å². The van der Waals surface area contributed by atoms with E-state index < -0.39 is 22.2 Å². The number of ether oxygens (including phenoxy) is 1. The van der Waals surface area contributed by atoms with Crippen LogP contribution in [0.2, 0.25) is 0 Å². The zero-order valence-corrected chi connectivity index (χ0v) is 13.2. The Morgan fingerprint density at radius 1 is 1.36 bits per heavy atom. The summed E-state index contributed by atoms with van der Waals surface area (Å²) in [6.45, 7) is 1.67. The summed E-state index contributed by atoms with van der Waals surface area (Å²) in [5.41, 5.74) is 0.483. The van der Waals surface area contributed by atoms with Crippen LogP contribution in [0.4, 0.5) is 19.3 Å². The van der Waals surface area contributed by atoms with E-state index in [1.807, 2.05) is 13.8 Å². The number of benzene rings is 1. The molecule has 0 aromatic heterocycles. The summed E-state index contributed by atoms with van der Waals surface area (Å²) in [6, 6.07) is 5.40. The topological polar surface area (TPSA) is 58.6 Å². The molecule has 0 saturated carbocycles. The van der Waals surface area contributed by atoms with Crippen LogP contribution in [0.15, 0.2) is 24.3 Å². The second kappa shape index (κ2) is 6.60. The Morgan fingerprint density at radius 3 is 2.55 bits per heavy atom. The number of carbonyl (C=O) groups excluding carboxylic acids is 1. The normalized spacial score (nSPS) is 20.8. The molecule has 1 heterocycles. The van der Waals surface area contributed by atoms with Gasteiger partial charge >= 0.3 is 12.6 Å². The van der Waals surface area contributed by atoms with E-state index in [1.165, 1.54) is 24.3 Å². The zero-order chi connectivity index (χ0) is 16.3. The number of rotatable bonds is 3. The van der Waals surface area contributed by atoms with Gasteiger partial charge in [0.25, 0.3) is 0 Å². The average molecular weight is 332 g/mol. The van der Waals surface area contributed by atoms with Crippen molar-refractivity contribution in [1.29, 1.82) is 0 Å². The highest BCUT2D eigenvalue weighted by atomic mass is 32.2. The Labute approximate surface area is 130 Å². The minimum Gasteiger partial charge on any atom is -0.435 e. The van der Waals surface area contributed by atoms with Crippen LogP contribution in [-0.4, -0.2) is 45.3 Å². The maximum atomic E-state index is 12.2. The Morgan fingerprint density at radius 2 is 2.00 bits per heavy atom. The molecule has 1 aromatic carbocycles. The van der Waals surface area contributed by atoms with Gasteiger partial charge in [0, 0.05) is 35.3 Å². The molecule has 0 aliphatic carbocycles. The summed E-state index contributed by atoms with van der Waals surface area (Å²) in [5, 5.41) is 2.69. The molecule has 1 N–H and O–H groups in total. The summed E-state index contributed by atoms with van der Waals surface area (Å²) >= 11 is 0. The number of hydrogen-bond donors (Lipinski definition) is 1. The smallest absolute Gasteiger partial charge is 0.387 e. The fraction of sp³-hybridized carbons (Fsp3) is 0.500. The molecule has 0 radical (unpaired) electrons. The van der Waals surface area contributed by atoms with Gasteiger partial charge in [0.1, 0.15) is 5.75 Å². The van der Waals surface area contributed by atoms with E-state index in [2.05, 4.69) is 10.1 Å². The standard InChI is InChI=1S/C14H18F2N2O3S/c1-14(2)9-18(7-8-22(14)20)13(19)17-10-3-5-11(6-4-10)21-12(15)16/h3-6,12H,7-9H2,1-2H3,(H,17,19)/t22-/m1/s1. The molecule has 2 rings (SSSR count). The second-order valence-corrected chi connectivity index (χ2v) is 7.77. The van der Waals surface area contributed by atoms with Gasteiger partial charge in [-0.05, 0) is 38.1 Å². The predicted octanol–water partition coefficient (Wildman–Crippen LogP) is 2.66. The Bertz CT molecular complexity index is 564. The highest BCUT2D eigenvalue weighted by Crippen LogP contribution is 2.22. The van der Waals surface area contributed by atoms with Gasteiger partial charge in [-0.25, -0.2) is 4.79 Å². The molecule has 1 atom stereocenters. The third-order valence-corrected chi connectivity index (χ3v) is 5.27. The van der Waals surface area contributed by atoms with Gasteiger partial charge in [-0.15, -0.1) is 0 Å². The molecule has 0 bridgehead atoms. The first-order valence-electron chi connectivity index (χ1n) is 6.77. The van der Waals surface area contributed by atoms with E-state index >= 15 is 0 Å². The Hall–Kier alpha value is -1.70. The van der Waals surface area contributed by atoms with Crippen LogP contribution < -0.4 is 10.1 Å². The van der Waals surface area contributed by atoms with Gasteiger partial charge in [0.05, 0.1) is 4.75 Å². The third kappa shape index (κ3) is 4.16. The van der Waals surface area contributed by atoms with Crippen molar-refractivity contribution in [1.82, 2.24) is 4.90 Å². The van der Waals surface area contributed by atoms with Crippen LogP contribution in [0.5, 0.6) is 5.75 Å². The van der Waals surface area contributed by atoms with E-state index in [1.54, 1.807) is 4.90 Å². The first-order chi connectivity index (χ1) is 10.3. The highest BCUT2D eigenvalue weighted by molar-refractivity contribution is 7.86. The molecule has 0 spiro atoms. The number of hydrogen-bond acceptors (Lipinski definition) is 3. The third-order valence-electron chi connectivity index (χ3n) is 3.35. The lowest BCUT2D eigenvalue weighted by molar-refractivity contribution is -0.0498. The van der Waals surface area contributed by atoms with Gasteiger partial charge in [-0.3, -0.25) is 4.21 Å². The van der Waals surface area contributed by atoms with E-state index in [-0.39, 0.29) is 11.8 Å². The lowest BCUT2D eigenvalue weighted by Crippen LogP contribution is -2.53. The number of carbonyl (C=O) groups is 1. The number of urea groups is 1. The quantitative estimate of drug-likeness (QED) is 0.926. The minimum absolute atomic E-state index is 0.0301. The van der Waals surface area contributed by atoms with Crippen molar-refractivity contribution >= 4 is 22.5 Å². The molecule has 1 aliphatic rings.